The highest BCUT2D eigenvalue weighted by atomic mass is 35.5. The number of rotatable bonds is 8. The summed E-state index contributed by atoms with van der Waals surface area (Å²) in [4.78, 5) is 34.1. The van der Waals surface area contributed by atoms with Gasteiger partial charge in [-0.25, -0.2) is 14.5 Å². The molecule has 3 N–H and O–H groups in total. The number of carboxylic acids is 1. The smallest absolute Gasteiger partial charge is 0.418 e. The summed E-state index contributed by atoms with van der Waals surface area (Å²) in [6.07, 6.45) is -5.02. The number of carboxylic acid groups (broad SMARTS) is 1. The second-order valence-electron chi connectivity index (χ2n) is 8.87. The van der Waals surface area contributed by atoms with Gasteiger partial charge in [-0.3, -0.25) is 14.9 Å². The van der Waals surface area contributed by atoms with E-state index in [9.17, 15) is 32.9 Å². The SMILES string of the molecule is COc1cc(C(C)(C)C)c(-n2c(Sc3cc(NCC(=O)O)c(C(F)(F)F)cc3[N+](=O)[O-])n[nH]c2=O)cc1Cl. The van der Waals surface area contributed by atoms with Gasteiger partial charge in [0.15, 0.2) is 0 Å². The van der Waals surface area contributed by atoms with Gasteiger partial charge in [0.1, 0.15) is 12.3 Å². The number of aliphatic carboxylic acids is 1. The third-order valence-corrected chi connectivity index (χ3v) is 6.49. The first kappa shape index (κ1) is 28.8. The Morgan fingerprint density at radius 2 is 1.92 bits per heavy atom. The zero-order valence-corrected chi connectivity index (χ0v) is 21.8. The van der Waals surface area contributed by atoms with Crippen molar-refractivity contribution in [2.45, 2.75) is 42.4 Å². The maximum absolute atomic E-state index is 13.6. The van der Waals surface area contributed by atoms with E-state index in [2.05, 4.69) is 15.5 Å². The molecule has 11 nitrogen and oxygen atoms in total. The Kier molecular flexibility index (Phi) is 8.02. The molecule has 3 aromatic rings. The number of carbonyl (C=O) groups is 1. The number of nitrogens with zero attached hydrogens (tertiary/aromatic N) is 3. The summed E-state index contributed by atoms with van der Waals surface area (Å²) >= 11 is 6.85. The fourth-order valence-corrected chi connectivity index (χ4v) is 4.70. The monoisotopic (exact) mass is 575 g/mol. The van der Waals surface area contributed by atoms with Crippen molar-refractivity contribution in [2.75, 3.05) is 19.0 Å². The summed E-state index contributed by atoms with van der Waals surface area (Å²) in [5.74, 6) is -1.11. The van der Waals surface area contributed by atoms with Crippen LogP contribution in [-0.4, -0.2) is 44.4 Å². The number of alkyl halides is 3. The molecule has 1 aromatic heterocycles. The van der Waals surface area contributed by atoms with E-state index in [0.29, 0.717) is 29.1 Å². The van der Waals surface area contributed by atoms with Crippen LogP contribution in [0.25, 0.3) is 5.69 Å². The molecule has 0 unspecified atom stereocenters. The molecule has 1 heterocycles. The summed E-state index contributed by atoms with van der Waals surface area (Å²) in [7, 11) is 1.42. The van der Waals surface area contributed by atoms with Gasteiger partial charge in [0.05, 0.1) is 33.2 Å². The summed E-state index contributed by atoms with van der Waals surface area (Å²) in [6.45, 7) is 4.70. The second-order valence-corrected chi connectivity index (χ2v) is 10.3. The molecular weight excluding hydrogens is 555 g/mol. The van der Waals surface area contributed by atoms with Crippen molar-refractivity contribution >= 4 is 40.7 Å². The molecule has 0 saturated heterocycles. The summed E-state index contributed by atoms with van der Waals surface area (Å²) in [6, 6.07) is 4.17. The minimum absolute atomic E-state index is 0.145. The van der Waals surface area contributed by atoms with E-state index < -0.39 is 51.7 Å². The van der Waals surface area contributed by atoms with Crippen LogP contribution in [0.15, 0.2) is 39.1 Å². The molecule has 0 aliphatic heterocycles. The normalized spacial score (nSPS) is 11.9. The molecule has 0 atom stereocenters. The van der Waals surface area contributed by atoms with Gasteiger partial charge in [-0.2, -0.15) is 13.2 Å². The lowest BCUT2D eigenvalue weighted by molar-refractivity contribution is -0.388. The van der Waals surface area contributed by atoms with Gasteiger partial charge in [0.2, 0.25) is 5.16 Å². The van der Waals surface area contributed by atoms with Crippen LogP contribution in [0.4, 0.5) is 24.5 Å². The van der Waals surface area contributed by atoms with E-state index >= 15 is 0 Å². The number of aromatic nitrogens is 3. The topological polar surface area (TPSA) is 152 Å². The van der Waals surface area contributed by atoms with Gasteiger partial charge in [-0.15, -0.1) is 5.10 Å². The van der Waals surface area contributed by atoms with Crippen molar-refractivity contribution in [1.82, 2.24) is 14.8 Å². The third kappa shape index (κ3) is 6.05. The number of anilines is 1. The van der Waals surface area contributed by atoms with Crippen LogP contribution < -0.4 is 15.7 Å². The van der Waals surface area contributed by atoms with Crippen LogP contribution in [0, 0.1) is 10.1 Å². The van der Waals surface area contributed by atoms with Crippen LogP contribution in [0.5, 0.6) is 5.75 Å². The van der Waals surface area contributed by atoms with Crippen LogP contribution >= 0.6 is 23.4 Å². The fourth-order valence-electron chi connectivity index (χ4n) is 3.49. The van der Waals surface area contributed by atoms with E-state index in [4.69, 9.17) is 21.4 Å². The number of halogens is 4. The Hall–Kier alpha value is -3.72. The number of H-pyrrole nitrogens is 1. The molecule has 0 radical (unpaired) electrons. The first-order chi connectivity index (χ1) is 17.5. The Morgan fingerprint density at radius 3 is 2.45 bits per heavy atom. The fraction of sp³-hybridized carbons (Fsp3) is 0.318. The van der Waals surface area contributed by atoms with Crippen molar-refractivity contribution in [3.63, 3.8) is 0 Å². The first-order valence-corrected chi connectivity index (χ1v) is 11.8. The molecule has 2 aromatic carbocycles. The first-order valence-electron chi connectivity index (χ1n) is 10.6. The van der Waals surface area contributed by atoms with E-state index in [-0.39, 0.29) is 20.8 Å². The summed E-state index contributed by atoms with van der Waals surface area (Å²) in [5, 5.41) is 28.9. The number of aromatic amines is 1. The van der Waals surface area contributed by atoms with Crippen LogP contribution in [0.3, 0.4) is 0 Å². The Balaban J connectivity index is 2.25. The zero-order chi connectivity index (χ0) is 28.6. The van der Waals surface area contributed by atoms with Gasteiger partial charge >= 0.3 is 17.8 Å². The average Bonchev–Trinajstić information content (AvgIpc) is 3.15. The molecule has 16 heteroatoms. The highest BCUT2D eigenvalue weighted by Gasteiger charge is 2.37. The van der Waals surface area contributed by atoms with Gasteiger partial charge in [-0.05, 0) is 40.9 Å². The zero-order valence-electron chi connectivity index (χ0n) is 20.3. The standard InChI is InChI=1S/C22H21ClF3N5O6S/c1-21(2,3)11-6-16(37-4)12(23)7-14(11)30-19(34)28-29-20(30)38-17-8-13(27-9-18(32)33)10(22(24,25)26)5-15(17)31(35)36/h5-8,27H,9H2,1-4H3,(H,28,34)(H,32,33). The molecule has 0 aliphatic carbocycles. The van der Waals surface area contributed by atoms with Crippen molar-refractivity contribution in [3.8, 4) is 11.4 Å². The van der Waals surface area contributed by atoms with Crippen molar-refractivity contribution < 1.29 is 32.7 Å². The number of nitro groups is 1. The molecule has 38 heavy (non-hydrogen) atoms. The molecular formula is C22H21ClF3N5O6S. The number of methoxy groups -OCH3 is 1. The number of benzene rings is 2. The van der Waals surface area contributed by atoms with Gasteiger partial charge in [-0.1, -0.05) is 32.4 Å². The summed E-state index contributed by atoms with van der Waals surface area (Å²) in [5.41, 5.74) is -3.48. The maximum Gasteiger partial charge on any atom is 0.418 e. The Labute approximate surface area is 222 Å². The molecule has 0 aliphatic rings. The minimum Gasteiger partial charge on any atom is -0.495 e. The minimum atomic E-state index is -5.02. The highest BCUT2D eigenvalue weighted by molar-refractivity contribution is 7.99. The molecule has 0 spiro atoms. The molecule has 0 fully saturated rings. The van der Waals surface area contributed by atoms with E-state index in [0.717, 1.165) is 10.6 Å². The maximum atomic E-state index is 13.6. The lowest BCUT2D eigenvalue weighted by Crippen LogP contribution is -2.22. The number of ether oxygens (including phenoxy) is 1. The molecule has 0 amide bonds. The molecule has 204 valence electrons. The molecule has 3 rings (SSSR count). The number of nitrogens with one attached hydrogen (secondary N) is 2. The Bertz CT molecular complexity index is 1470. The van der Waals surface area contributed by atoms with E-state index in [1.165, 1.54) is 13.2 Å². The number of hydrogen-bond acceptors (Lipinski definition) is 8. The predicted octanol–water partition coefficient (Wildman–Crippen LogP) is 5.09. The quantitative estimate of drug-likeness (QED) is 0.246. The van der Waals surface area contributed by atoms with Crippen LogP contribution in [-0.2, 0) is 16.4 Å². The van der Waals surface area contributed by atoms with Crippen LogP contribution in [0.2, 0.25) is 5.02 Å². The highest BCUT2D eigenvalue weighted by Crippen LogP contribution is 2.44. The van der Waals surface area contributed by atoms with E-state index in [1.807, 2.05) is 20.8 Å². The molecule has 0 bridgehead atoms. The van der Waals surface area contributed by atoms with Crippen LogP contribution in [0.1, 0.15) is 31.9 Å². The van der Waals surface area contributed by atoms with Crippen molar-refractivity contribution in [1.29, 1.82) is 0 Å². The van der Waals surface area contributed by atoms with Crippen molar-refractivity contribution in [2.24, 2.45) is 0 Å². The van der Waals surface area contributed by atoms with Gasteiger partial charge in [0.25, 0.3) is 5.69 Å². The largest absolute Gasteiger partial charge is 0.495 e. The van der Waals surface area contributed by atoms with Gasteiger partial charge in [0, 0.05) is 11.8 Å². The average molecular weight is 576 g/mol. The van der Waals surface area contributed by atoms with Crippen molar-refractivity contribution in [3.05, 3.63) is 61.0 Å². The lowest BCUT2D eigenvalue weighted by atomic mass is 9.85. The second kappa shape index (κ2) is 10.6. The number of hydrogen-bond donors (Lipinski definition) is 3. The number of nitro benzene ring substituents is 1. The lowest BCUT2D eigenvalue weighted by Gasteiger charge is -2.24. The predicted molar refractivity (Wildman–Crippen MR) is 133 cm³/mol. The third-order valence-electron chi connectivity index (χ3n) is 5.19. The van der Waals surface area contributed by atoms with E-state index in [1.54, 1.807) is 6.07 Å². The Morgan fingerprint density at radius 1 is 1.26 bits per heavy atom. The molecule has 0 saturated carbocycles. The van der Waals surface area contributed by atoms with Gasteiger partial charge < -0.3 is 15.2 Å². The summed E-state index contributed by atoms with van der Waals surface area (Å²) < 4.78 is 47.2.